The standard InChI is InChI=1S/C26H25Cl2N3O3/c1-2-17-3-9-22(10-4-17)31-15-19(13-25(31)32)26(33)30-29-21-7-11-23(12-8-21)34-16-18-5-6-20(27)14-24(18)28/h3-12,14,19,29H,2,13,15-16H2,1H3,(H,30,33)/t19-/m0/s1. The monoisotopic (exact) mass is 497 g/mol. The number of hydrogen-bond acceptors (Lipinski definition) is 4. The first-order chi connectivity index (χ1) is 16.4. The van der Waals surface area contributed by atoms with E-state index >= 15 is 0 Å². The maximum absolute atomic E-state index is 12.6. The Bertz CT molecular complexity index is 1170. The van der Waals surface area contributed by atoms with Crippen LogP contribution in [0.3, 0.4) is 0 Å². The Hall–Kier alpha value is -3.22. The SMILES string of the molecule is CCc1ccc(N2C[C@@H](C(=O)NNc3ccc(OCc4ccc(Cl)cc4Cl)cc3)CC2=O)cc1. The van der Waals surface area contributed by atoms with Crippen LogP contribution in [0.2, 0.25) is 10.0 Å². The Kier molecular flexibility index (Phi) is 7.60. The summed E-state index contributed by atoms with van der Waals surface area (Å²) < 4.78 is 5.77. The van der Waals surface area contributed by atoms with Crippen molar-refractivity contribution < 1.29 is 14.3 Å². The zero-order valence-electron chi connectivity index (χ0n) is 18.7. The summed E-state index contributed by atoms with van der Waals surface area (Å²) in [5.74, 6) is -0.0305. The highest BCUT2D eigenvalue weighted by molar-refractivity contribution is 6.35. The van der Waals surface area contributed by atoms with Crippen LogP contribution in [0.5, 0.6) is 5.75 Å². The average molecular weight is 498 g/mol. The van der Waals surface area contributed by atoms with Gasteiger partial charge in [-0.15, -0.1) is 0 Å². The molecule has 1 saturated heterocycles. The number of nitrogens with zero attached hydrogens (tertiary/aromatic N) is 1. The third-order valence-corrected chi connectivity index (χ3v) is 6.33. The van der Waals surface area contributed by atoms with Crippen molar-refractivity contribution in [3.05, 3.63) is 87.9 Å². The molecule has 0 bridgehead atoms. The fourth-order valence-electron chi connectivity index (χ4n) is 3.71. The molecule has 176 valence electrons. The molecule has 0 spiro atoms. The molecule has 0 saturated carbocycles. The van der Waals surface area contributed by atoms with Crippen LogP contribution in [-0.4, -0.2) is 18.4 Å². The first kappa shape index (κ1) is 23.9. The summed E-state index contributed by atoms with van der Waals surface area (Å²) in [6.45, 7) is 2.76. The van der Waals surface area contributed by atoms with Crippen molar-refractivity contribution in [3.8, 4) is 5.75 Å². The number of rotatable bonds is 8. The number of halogens is 2. The summed E-state index contributed by atoms with van der Waals surface area (Å²) in [6.07, 6.45) is 1.12. The maximum Gasteiger partial charge on any atom is 0.243 e. The van der Waals surface area contributed by atoms with Crippen LogP contribution >= 0.6 is 23.2 Å². The zero-order chi connectivity index (χ0) is 24.1. The molecule has 0 aromatic heterocycles. The fourth-order valence-corrected chi connectivity index (χ4v) is 4.18. The summed E-state index contributed by atoms with van der Waals surface area (Å²) >= 11 is 12.1. The lowest BCUT2D eigenvalue weighted by Crippen LogP contribution is -2.36. The molecule has 4 rings (SSSR count). The molecule has 1 heterocycles. The van der Waals surface area contributed by atoms with E-state index in [-0.39, 0.29) is 18.2 Å². The van der Waals surface area contributed by atoms with Crippen LogP contribution in [0.4, 0.5) is 11.4 Å². The lowest BCUT2D eigenvalue weighted by molar-refractivity contribution is -0.125. The minimum absolute atomic E-state index is 0.0494. The second-order valence-electron chi connectivity index (χ2n) is 8.09. The van der Waals surface area contributed by atoms with E-state index in [0.717, 1.165) is 17.7 Å². The van der Waals surface area contributed by atoms with Crippen molar-refractivity contribution in [1.82, 2.24) is 5.43 Å². The van der Waals surface area contributed by atoms with Gasteiger partial charge >= 0.3 is 0 Å². The Morgan fingerprint density at radius 3 is 2.47 bits per heavy atom. The molecule has 6 nitrogen and oxygen atoms in total. The molecule has 3 aromatic carbocycles. The smallest absolute Gasteiger partial charge is 0.243 e. The molecule has 0 radical (unpaired) electrons. The van der Waals surface area contributed by atoms with Crippen molar-refractivity contribution in [2.45, 2.75) is 26.4 Å². The second-order valence-corrected chi connectivity index (χ2v) is 8.93. The van der Waals surface area contributed by atoms with E-state index < -0.39 is 5.92 Å². The van der Waals surface area contributed by atoms with Crippen LogP contribution in [0.15, 0.2) is 66.7 Å². The molecule has 1 aliphatic heterocycles. The molecule has 2 amide bonds. The molecule has 34 heavy (non-hydrogen) atoms. The lowest BCUT2D eigenvalue weighted by atomic mass is 10.1. The van der Waals surface area contributed by atoms with Gasteiger partial charge in [-0.25, -0.2) is 0 Å². The molecular weight excluding hydrogens is 473 g/mol. The number of amides is 2. The third-order valence-electron chi connectivity index (χ3n) is 5.75. The van der Waals surface area contributed by atoms with Crippen molar-refractivity contribution >= 4 is 46.4 Å². The highest BCUT2D eigenvalue weighted by atomic mass is 35.5. The number of benzene rings is 3. The summed E-state index contributed by atoms with van der Waals surface area (Å²) in [7, 11) is 0. The molecular formula is C26H25Cl2N3O3. The van der Waals surface area contributed by atoms with Crippen molar-refractivity contribution in [2.24, 2.45) is 5.92 Å². The van der Waals surface area contributed by atoms with Gasteiger partial charge in [-0.05, 0) is 60.5 Å². The number of nitrogens with one attached hydrogen (secondary N) is 2. The number of aryl methyl sites for hydroxylation is 1. The van der Waals surface area contributed by atoms with E-state index in [2.05, 4.69) is 17.8 Å². The first-order valence-electron chi connectivity index (χ1n) is 11.0. The van der Waals surface area contributed by atoms with Crippen molar-refractivity contribution in [3.63, 3.8) is 0 Å². The van der Waals surface area contributed by atoms with E-state index in [1.807, 2.05) is 30.3 Å². The summed E-state index contributed by atoms with van der Waals surface area (Å²) in [6, 6.07) is 20.3. The van der Waals surface area contributed by atoms with Gasteiger partial charge in [0.2, 0.25) is 11.8 Å². The van der Waals surface area contributed by atoms with Crippen molar-refractivity contribution in [1.29, 1.82) is 0 Å². The van der Waals surface area contributed by atoms with Gasteiger partial charge in [0.1, 0.15) is 12.4 Å². The first-order valence-corrected chi connectivity index (χ1v) is 11.8. The van der Waals surface area contributed by atoms with E-state index in [0.29, 0.717) is 34.6 Å². The molecule has 1 atom stereocenters. The predicted molar refractivity (Wildman–Crippen MR) is 135 cm³/mol. The Morgan fingerprint density at radius 2 is 1.79 bits per heavy atom. The van der Waals surface area contributed by atoms with Crippen LogP contribution in [0, 0.1) is 5.92 Å². The average Bonchev–Trinajstić information content (AvgIpc) is 3.24. The molecule has 3 aromatic rings. The number of hydrazine groups is 1. The van der Waals surface area contributed by atoms with Gasteiger partial charge in [0.05, 0.1) is 11.6 Å². The Balaban J connectivity index is 1.27. The second kappa shape index (κ2) is 10.8. The van der Waals surface area contributed by atoms with Crippen LogP contribution in [-0.2, 0) is 22.6 Å². The molecule has 0 aliphatic carbocycles. The number of carbonyl (C=O) groups excluding carboxylic acids is 2. The quantitative estimate of drug-likeness (QED) is 0.395. The van der Waals surface area contributed by atoms with Crippen molar-refractivity contribution in [2.75, 3.05) is 16.9 Å². The van der Waals surface area contributed by atoms with Crippen LogP contribution < -0.4 is 20.5 Å². The van der Waals surface area contributed by atoms with E-state index in [1.165, 1.54) is 5.56 Å². The molecule has 1 aliphatic rings. The van der Waals surface area contributed by atoms with Gasteiger partial charge in [-0.1, -0.05) is 48.3 Å². The summed E-state index contributed by atoms with van der Waals surface area (Å²) in [5.41, 5.74) is 9.16. The highest BCUT2D eigenvalue weighted by Gasteiger charge is 2.35. The van der Waals surface area contributed by atoms with Gasteiger partial charge in [-0.3, -0.25) is 20.4 Å². The molecule has 0 unspecified atom stereocenters. The van der Waals surface area contributed by atoms with Crippen LogP contribution in [0.1, 0.15) is 24.5 Å². The van der Waals surface area contributed by atoms with Gasteiger partial charge in [0, 0.05) is 34.3 Å². The van der Waals surface area contributed by atoms with E-state index in [4.69, 9.17) is 27.9 Å². The normalized spacial score (nSPS) is 15.3. The number of hydrogen-bond donors (Lipinski definition) is 2. The predicted octanol–water partition coefficient (Wildman–Crippen LogP) is 5.63. The van der Waals surface area contributed by atoms with Gasteiger partial charge < -0.3 is 9.64 Å². The number of ether oxygens (including phenoxy) is 1. The maximum atomic E-state index is 12.6. The van der Waals surface area contributed by atoms with E-state index in [9.17, 15) is 9.59 Å². The van der Waals surface area contributed by atoms with Gasteiger partial charge in [0.25, 0.3) is 0 Å². The number of carbonyl (C=O) groups is 2. The topological polar surface area (TPSA) is 70.7 Å². The molecule has 1 fully saturated rings. The molecule has 2 N–H and O–H groups in total. The summed E-state index contributed by atoms with van der Waals surface area (Å²) in [5, 5.41) is 1.13. The zero-order valence-corrected chi connectivity index (χ0v) is 20.2. The lowest BCUT2D eigenvalue weighted by Gasteiger charge is -2.17. The highest BCUT2D eigenvalue weighted by Crippen LogP contribution is 2.26. The van der Waals surface area contributed by atoms with Gasteiger partial charge in [-0.2, -0.15) is 0 Å². The van der Waals surface area contributed by atoms with Gasteiger partial charge in [0.15, 0.2) is 0 Å². The van der Waals surface area contributed by atoms with E-state index in [1.54, 1.807) is 41.3 Å². The fraction of sp³-hybridized carbons (Fsp3) is 0.231. The Morgan fingerprint density at radius 1 is 1.06 bits per heavy atom. The largest absolute Gasteiger partial charge is 0.489 e. The Labute approximate surface area is 208 Å². The molecule has 8 heteroatoms. The van der Waals surface area contributed by atoms with Crippen LogP contribution in [0.25, 0.3) is 0 Å². The minimum Gasteiger partial charge on any atom is -0.489 e. The number of anilines is 2. The minimum atomic E-state index is -0.419. The summed E-state index contributed by atoms with van der Waals surface area (Å²) in [4.78, 5) is 26.7. The third kappa shape index (κ3) is 5.82.